The van der Waals surface area contributed by atoms with Gasteiger partial charge in [0.1, 0.15) is 12.4 Å². The van der Waals surface area contributed by atoms with E-state index >= 15 is 0 Å². The molecule has 1 N–H and O–H groups in total. The van der Waals surface area contributed by atoms with Crippen molar-refractivity contribution in [3.05, 3.63) is 64.7 Å². The van der Waals surface area contributed by atoms with E-state index < -0.39 is 17.7 Å². The number of rotatable bonds is 8. The average molecular weight is 435 g/mol. The molecule has 0 unspecified atom stereocenters. The number of Topliss-reactive ketones (excluding diaryl/α,β-unsaturated/α-hetero) is 1. The van der Waals surface area contributed by atoms with E-state index in [4.69, 9.17) is 4.42 Å². The molecule has 1 amide bonds. The van der Waals surface area contributed by atoms with Gasteiger partial charge in [-0.1, -0.05) is 51.1 Å². The smallest absolute Gasteiger partial charge is 0.286 e. The fourth-order valence-electron chi connectivity index (χ4n) is 3.40. The highest BCUT2D eigenvalue weighted by molar-refractivity contribution is 5.98. The summed E-state index contributed by atoms with van der Waals surface area (Å²) in [5.41, 5.74) is 0.194. The number of nitrogens with zero attached hydrogens (tertiary/aromatic N) is 4. The molecule has 1 fully saturated rings. The van der Waals surface area contributed by atoms with Crippen LogP contribution in [0.25, 0.3) is 11.4 Å². The zero-order valence-electron chi connectivity index (χ0n) is 18.2. The third-order valence-electron chi connectivity index (χ3n) is 5.69. The first-order chi connectivity index (χ1) is 15.3. The van der Waals surface area contributed by atoms with Crippen molar-refractivity contribution in [2.24, 2.45) is 5.92 Å². The lowest BCUT2D eigenvalue weighted by Crippen LogP contribution is -2.46. The number of hydrogen-bond acceptors (Lipinski definition) is 7. The van der Waals surface area contributed by atoms with Crippen molar-refractivity contribution in [3.63, 3.8) is 0 Å². The Balaban J connectivity index is 1.53. The number of ketones is 1. The molecular formula is C23H25N5O4. The van der Waals surface area contributed by atoms with Gasteiger partial charge >= 0.3 is 0 Å². The number of carbonyl (C=O) groups is 2. The Labute approximate surface area is 184 Å². The molecule has 32 heavy (non-hydrogen) atoms. The van der Waals surface area contributed by atoms with E-state index in [1.807, 2.05) is 51.1 Å². The van der Waals surface area contributed by atoms with Crippen molar-refractivity contribution < 1.29 is 14.0 Å². The zero-order chi connectivity index (χ0) is 22.9. The highest BCUT2D eigenvalue weighted by Gasteiger charge is 2.45. The Kier molecular flexibility index (Phi) is 5.73. The van der Waals surface area contributed by atoms with Crippen LogP contribution in [0, 0.1) is 5.92 Å². The van der Waals surface area contributed by atoms with Gasteiger partial charge in [-0.15, -0.1) is 10.2 Å². The first-order valence-electron chi connectivity index (χ1n) is 10.6. The summed E-state index contributed by atoms with van der Waals surface area (Å²) in [6, 6.07) is 9.56. The topological polar surface area (TPSA) is 120 Å². The van der Waals surface area contributed by atoms with Crippen LogP contribution in [0.3, 0.4) is 0 Å². The van der Waals surface area contributed by atoms with Gasteiger partial charge in [-0.05, 0) is 18.8 Å². The van der Waals surface area contributed by atoms with Crippen molar-refractivity contribution in [2.45, 2.75) is 51.6 Å². The number of benzene rings is 1. The zero-order valence-corrected chi connectivity index (χ0v) is 18.2. The summed E-state index contributed by atoms with van der Waals surface area (Å²) < 4.78 is 6.89. The molecule has 3 aromatic rings. The van der Waals surface area contributed by atoms with Gasteiger partial charge in [0.2, 0.25) is 17.6 Å². The molecule has 0 aliphatic heterocycles. The summed E-state index contributed by atoms with van der Waals surface area (Å²) in [7, 11) is 0. The highest BCUT2D eigenvalue weighted by Crippen LogP contribution is 2.46. The average Bonchev–Trinajstić information content (AvgIpc) is 3.32. The van der Waals surface area contributed by atoms with E-state index in [2.05, 4.69) is 20.5 Å². The molecule has 9 nitrogen and oxygen atoms in total. The minimum absolute atomic E-state index is 0.115. The van der Waals surface area contributed by atoms with Crippen LogP contribution < -0.4 is 10.9 Å². The van der Waals surface area contributed by atoms with Crippen molar-refractivity contribution in [2.75, 3.05) is 0 Å². The van der Waals surface area contributed by atoms with E-state index in [1.165, 1.54) is 16.8 Å². The van der Waals surface area contributed by atoms with E-state index in [0.29, 0.717) is 17.3 Å². The SMILES string of the molecule is CC(C)[C@H](NC(=O)Cn1c(-c2ccccc2)nccc1=O)C(=O)c1nnc(C2(C)CC2)o1. The van der Waals surface area contributed by atoms with Crippen molar-refractivity contribution in [3.8, 4) is 11.4 Å². The maximum atomic E-state index is 13.0. The van der Waals surface area contributed by atoms with Crippen LogP contribution in [0.2, 0.25) is 0 Å². The summed E-state index contributed by atoms with van der Waals surface area (Å²) in [5, 5.41) is 10.6. The normalized spacial score (nSPS) is 15.4. The van der Waals surface area contributed by atoms with Crippen LogP contribution in [0.5, 0.6) is 0 Å². The number of hydrogen-bond donors (Lipinski definition) is 1. The molecule has 0 bridgehead atoms. The molecule has 166 valence electrons. The Morgan fingerprint density at radius 1 is 1.16 bits per heavy atom. The van der Waals surface area contributed by atoms with Gasteiger partial charge in [0.15, 0.2) is 0 Å². The van der Waals surface area contributed by atoms with E-state index in [1.54, 1.807) is 0 Å². The fraction of sp³-hybridized carbons (Fsp3) is 0.391. The molecule has 1 aliphatic carbocycles. The second kappa shape index (κ2) is 8.49. The molecule has 1 aliphatic rings. The maximum absolute atomic E-state index is 13.0. The van der Waals surface area contributed by atoms with Gasteiger partial charge in [0.05, 0.1) is 6.04 Å². The lowest BCUT2D eigenvalue weighted by atomic mass is 9.99. The van der Waals surface area contributed by atoms with Crippen LogP contribution >= 0.6 is 0 Å². The van der Waals surface area contributed by atoms with Crippen LogP contribution in [-0.4, -0.2) is 37.5 Å². The predicted octanol–water partition coefficient (Wildman–Crippen LogP) is 2.37. The van der Waals surface area contributed by atoms with Crippen LogP contribution in [0.4, 0.5) is 0 Å². The Morgan fingerprint density at radius 3 is 2.53 bits per heavy atom. The number of nitrogens with one attached hydrogen (secondary N) is 1. The Morgan fingerprint density at radius 2 is 1.88 bits per heavy atom. The Hall–Kier alpha value is -3.62. The molecule has 0 spiro atoms. The van der Waals surface area contributed by atoms with Gasteiger partial charge < -0.3 is 9.73 Å². The molecule has 1 aromatic carbocycles. The lowest BCUT2D eigenvalue weighted by molar-refractivity contribution is -0.122. The molecule has 2 heterocycles. The summed E-state index contributed by atoms with van der Waals surface area (Å²) in [6.45, 7) is 5.36. The lowest BCUT2D eigenvalue weighted by Gasteiger charge is -2.20. The monoisotopic (exact) mass is 435 g/mol. The summed E-state index contributed by atoms with van der Waals surface area (Å²) in [5.74, 6) is -0.450. The quantitative estimate of drug-likeness (QED) is 0.539. The van der Waals surface area contributed by atoms with Crippen molar-refractivity contribution in [1.82, 2.24) is 25.1 Å². The second-order valence-electron chi connectivity index (χ2n) is 8.69. The molecule has 9 heteroatoms. The third-order valence-corrected chi connectivity index (χ3v) is 5.69. The molecule has 4 rings (SSSR count). The van der Waals surface area contributed by atoms with Gasteiger partial charge in [-0.3, -0.25) is 19.0 Å². The fourth-order valence-corrected chi connectivity index (χ4v) is 3.40. The maximum Gasteiger partial charge on any atom is 0.286 e. The Bertz CT molecular complexity index is 1190. The van der Waals surface area contributed by atoms with Gasteiger partial charge in [0, 0.05) is 23.2 Å². The van der Waals surface area contributed by atoms with Gasteiger partial charge in [0.25, 0.3) is 11.4 Å². The first kappa shape index (κ1) is 21.6. The number of carbonyl (C=O) groups excluding carboxylic acids is 2. The molecular weight excluding hydrogens is 410 g/mol. The molecule has 1 saturated carbocycles. The third kappa shape index (κ3) is 4.37. The van der Waals surface area contributed by atoms with E-state index in [0.717, 1.165) is 12.8 Å². The largest absolute Gasteiger partial charge is 0.418 e. The molecule has 1 atom stereocenters. The highest BCUT2D eigenvalue weighted by atomic mass is 16.4. The molecule has 2 aromatic heterocycles. The van der Waals surface area contributed by atoms with Crippen molar-refractivity contribution in [1.29, 1.82) is 0 Å². The molecule has 0 saturated heterocycles. The number of aromatic nitrogens is 4. The summed E-state index contributed by atoms with van der Waals surface area (Å²) >= 11 is 0. The van der Waals surface area contributed by atoms with Crippen LogP contribution in [0.1, 0.15) is 50.2 Å². The number of amides is 1. The van der Waals surface area contributed by atoms with E-state index in [9.17, 15) is 14.4 Å². The minimum Gasteiger partial charge on any atom is -0.418 e. The van der Waals surface area contributed by atoms with Gasteiger partial charge in [-0.25, -0.2) is 4.98 Å². The standard InChI is InChI=1S/C23H25N5O4/c1-14(2)18(19(31)21-26-27-22(32-21)23(3)10-11-23)25-16(29)13-28-17(30)9-12-24-20(28)15-7-5-4-6-8-15/h4-9,12,14,18H,10-11,13H2,1-3H3,(H,25,29)/t18-/m0/s1. The summed E-state index contributed by atoms with van der Waals surface area (Å²) in [4.78, 5) is 42.6. The minimum atomic E-state index is -0.865. The van der Waals surface area contributed by atoms with Crippen LogP contribution in [0.15, 0.2) is 51.8 Å². The predicted molar refractivity (Wildman–Crippen MR) is 116 cm³/mol. The molecule has 0 radical (unpaired) electrons. The first-order valence-corrected chi connectivity index (χ1v) is 10.6. The second-order valence-corrected chi connectivity index (χ2v) is 8.69. The van der Waals surface area contributed by atoms with Crippen LogP contribution in [-0.2, 0) is 16.8 Å². The summed E-state index contributed by atoms with van der Waals surface area (Å²) in [6.07, 6.45) is 3.29. The van der Waals surface area contributed by atoms with Gasteiger partial charge in [-0.2, -0.15) is 0 Å². The van der Waals surface area contributed by atoms with E-state index in [-0.39, 0.29) is 29.3 Å². The van der Waals surface area contributed by atoms with Crippen molar-refractivity contribution >= 4 is 11.7 Å².